The van der Waals surface area contributed by atoms with Crippen molar-refractivity contribution < 1.29 is 29.0 Å². The molecule has 2 aromatic carbocycles. The third-order valence-corrected chi connectivity index (χ3v) is 9.22. The number of aliphatic hydroxyl groups is 1. The first-order valence-corrected chi connectivity index (χ1v) is 14.7. The zero-order chi connectivity index (χ0) is 29.5. The van der Waals surface area contributed by atoms with E-state index in [9.17, 15) is 19.5 Å². The standard InChI is InChI=1S/C32H41N3O6/c1-6-19(4)24(17-36)35-28(30(38)34-23-16-18(3)8-9-20(23)5)32-15-14-25(41-32)26(27(32)31(35)39)29(37)33-21-10-12-22(13-11-21)40-7-2/h8-13,16,19,24-28,36H,6-7,14-15,17H2,1-5H3,(H,33,37)(H,34,38)/t19-,24-,25-,26+,27-,28?,32?/m0/s1. The van der Waals surface area contributed by atoms with Crippen LogP contribution in [0.25, 0.3) is 0 Å². The van der Waals surface area contributed by atoms with Gasteiger partial charge in [-0.05, 0) is 81.0 Å². The highest BCUT2D eigenvalue weighted by atomic mass is 16.5. The second kappa shape index (κ2) is 11.4. The fourth-order valence-electron chi connectivity index (χ4n) is 6.96. The average molecular weight is 564 g/mol. The van der Waals surface area contributed by atoms with Crippen molar-refractivity contribution in [1.82, 2.24) is 4.90 Å². The van der Waals surface area contributed by atoms with Crippen molar-refractivity contribution in [2.45, 2.75) is 77.7 Å². The van der Waals surface area contributed by atoms with Gasteiger partial charge in [0, 0.05) is 11.4 Å². The van der Waals surface area contributed by atoms with Crippen LogP contribution in [0, 0.1) is 31.6 Å². The lowest BCUT2D eigenvalue weighted by Gasteiger charge is -2.38. The van der Waals surface area contributed by atoms with E-state index < -0.39 is 35.6 Å². The Bertz CT molecular complexity index is 1310. The van der Waals surface area contributed by atoms with Gasteiger partial charge in [0.15, 0.2) is 0 Å². The maximum atomic E-state index is 14.3. The van der Waals surface area contributed by atoms with Gasteiger partial charge in [0.25, 0.3) is 0 Å². The number of hydrogen-bond donors (Lipinski definition) is 3. The lowest BCUT2D eigenvalue weighted by atomic mass is 9.70. The van der Waals surface area contributed by atoms with Crippen molar-refractivity contribution in [3.8, 4) is 5.75 Å². The molecule has 3 aliphatic heterocycles. The summed E-state index contributed by atoms with van der Waals surface area (Å²) in [7, 11) is 0. The molecule has 2 bridgehead atoms. The van der Waals surface area contributed by atoms with Crippen molar-refractivity contribution in [2.24, 2.45) is 17.8 Å². The molecule has 220 valence electrons. The number of carbonyl (C=O) groups is 3. The highest BCUT2D eigenvalue weighted by Gasteiger charge is 2.75. The van der Waals surface area contributed by atoms with Gasteiger partial charge in [-0.15, -0.1) is 0 Å². The van der Waals surface area contributed by atoms with Gasteiger partial charge < -0.3 is 30.1 Å². The molecule has 9 nitrogen and oxygen atoms in total. The zero-order valence-electron chi connectivity index (χ0n) is 24.5. The topological polar surface area (TPSA) is 117 Å². The molecule has 3 aliphatic rings. The van der Waals surface area contributed by atoms with Crippen LogP contribution in [0.2, 0.25) is 0 Å². The number of hydrogen-bond acceptors (Lipinski definition) is 6. The number of aliphatic hydroxyl groups excluding tert-OH is 1. The number of ether oxygens (including phenoxy) is 2. The summed E-state index contributed by atoms with van der Waals surface area (Å²) < 4.78 is 12.1. The third kappa shape index (κ3) is 4.99. The van der Waals surface area contributed by atoms with Gasteiger partial charge in [-0.3, -0.25) is 14.4 Å². The summed E-state index contributed by atoms with van der Waals surface area (Å²) in [5, 5.41) is 16.5. The summed E-state index contributed by atoms with van der Waals surface area (Å²) in [6.45, 7) is 9.99. The zero-order valence-corrected chi connectivity index (χ0v) is 24.5. The molecule has 0 aliphatic carbocycles. The Labute approximate surface area is 241 Å². The predicted molar refractivity (Wildman–Crippen MR) is 156 cm³/mol. The minimum atomic E-state index is -1.15. The molecular weight excluding hydrogens is 522 g/mol. The van der Waals surface area contributed by atoms with Crippen LogP contribution in [0.5, 0.6) is 5.75 Å². The Hall–Kier alpha value is -3.43. The van der Waals surface area contributed by atoms with Gasteiger partial charge in [0.1, 0.15) is 17.4 Å². The minimum Gasteiger partial charge on any atom is -0.494 e. The van der Waals surface area contributed by atoms with E-state index in [1.165, 1.54) is 4.90 Å². The molecule has 0 radical (unpaired) electrons. The molecular formula is C32H41N3O6. The summed E-state index contributed by atoms with van der Waals surface area (Å²) in [6.07, 6.45) is 1.30. The maximum Gasteiger partial charge on any atom is 0.250 e. The molecule has 0 aromatic heterocycles. The molecule has 7 atom stereocenters. The molecule has 1 spiro atoms. The van der Waals surface area contributed by atoms with Gasteiger partial charge >= 0.3 is 0 Å². The average Bonchev–Trinajstić information content (AvgIpc) is 3.60. The van der Waals surface area contributed by atoms with Gasteiger partial charge in [0.2, 0.25) is 17.7 Å². The number of benzene rings is 2. The molecule has 3 heterocycles. The molecule has 0 saturated carbocycles. The molecule has 5 rings (SSSR count). The van der Waals surface area contributed by atoms with Crippen molar-refractivity contribution in [3.05, 3.63) is 53.6 Å². The van der Waals surface area contributed by atoms with Crippen molar-refractivity contribution in [2.75, 3.05) is 23.8 Å². The molecule has 3 amide bonds. The van der Waals surface area contributed by atoms with E-state index >= 15 is 0 Å². The molecule has 9 heteroatoms. The molecule has 3 saturated heterocycles. The van der Waals surface area contributed by atoms with E-state index in [2.05, 4.69) is 10.6 Å². The predicted octanol–water partition coefficient (Wildman–Crippen LogP) is 4.06. The largest absolute Gasteiger partial charge is 0.494 e. The third-order valence-electron chi connectivity index (χ3n) is 9.22. The van der Waals surface area contributed by atoms with E-state index in [-0.39, 0.29) is 30.2 Å². The number of fused-ring (bicyclic) bond motifs is 1. The van der Waals surface area contributed by atoms with E-state index in [0.29, 0.717) is 43.0 Å². The Morgan fingerprint density at radius 3 is 2.51 bits per heavy atom. The molecule has 41 heavy (non-hydrogen) atoms. The van der Waals surface area contributed by atoms with Crippen molar-refractivity contribution >= 4 is 29.1 Å². The Morgan fingerprint density at radius 2 is 1.85 bits per heavy atom. The Balaban J connectivity index is 1.49. The quantitative estimate of drug-likeness (QED) is 0.401. The fourth-order valence-corrected chi connectivity index (χ4v) is 6.96. The summed E-state index contributed by atoms with van der Waals surface area (Å²) in [5.41, 5.74) is 2.01. The number of likely N-dealkylation sites (tertiary alicyclic amines) is 1. The normalized spacial score (nSPS) is 27.9. The highest BCUT2D eigenvalue weighted by molar-refractivity contribution is 6.05. The van der Waals surface area contributed by atoms with Crippen LogP contribution in [0.3, 0.4) is 0 Å². The number of nitrogens with zero attached hydrogens (tertiary/aromatic N) is 1. The van der Waals surface area contributed by atoms with Crippen molar-refractivity contribution in [1.29, 1.82) is 0 Å². The first kappa shape index (κ1) is 29.1. The lowest BCUT2D eigenvalue weighted by Crippen LogP contribution is -2.57. The molecule has 2 unspecified atom stereocenters. The van der Waals surface area contributed by atoms with Gasteiger partial charge in [-0.2, -0.15) is 0 Å². The summed E-state index contributed by atoms with van der Waals surface area (Å²) >= 11 is 0. The fraction of sp³-hybridized carbons (Fsp3) is 0.531. The van der Waals surface area contributed by atoms with Gasteiger partial charge in [0.05, 0.1) is 37.2 Å². The smallest absolute Gasteiger partial charge is 0.250 e. The number of aryl methyl sites for hydroxylation is 2. The van der Waals surface area contributed by atoms with Crippen LogP contribution < -0.4 is 15.4 Å². The molecule has 3 fully saturated rings. The van der Waals surface area contributed by atoms with Gasteiger partial charge in [-0.1, -0.05) is 32.4 Å². The van der Waals surface area contributed by atoms with Crippen LogP contribution in [0.15, 0.2) is 42.5 Å². The van der Waals surface area contributed by atoms with Crippen LogP contribution in [-0.4, -0.2) is 64.7 Å². The summed E-state index contributed by atoms with van der Waals surface area (Å²) in [6, 6.07) is 11.4. The van der Waals surface area contributed by atoms with E-state index in [0.717, 1.165) is 11.1 Å². The maximum absolute atomic E-state index is 14.3. The number of carbonyl (C=O) groups excluding carboxylic acids is 3. The number of rotatable bonds is 10. The second-order valence-corrected chi connectivity index (χ2v) is 11.7. The van der Waals surface area contributed by atoms with Crippen LogP contribution in [0.1, 0.15) is 51.2 Å². The van der Waals surface area contributed by atoms with Crippen LogP contribution >= 0.6 is 0 Å². The number of amides is 3. The van der Waals surface area contributed by atoms with Gasteiger partial charge in [-0.25, -0.2) is 0 Å². The summed E-state index contributed by atoms with van der Waals surface area (Å²) in [4.78, 5) is 43.8. The number of nitrogens with one attached hydrogen (secondary N) is 2. The monoisotopic (exact) mass is 563 g/mol. The van der Waals surface area contributed by atoms with Crippen LogP contribution in [-0.2, 0) is 19.1 Å². The summed E-state index contributed by atoms with van der Waals surface area (Å²) in [5.74, 6) is -1.91. The second-order valence-electron chi connectivity index (χ2n) is 11.7. The molecule has 3 N–H and O–H groups in total. The van der Waals surface area contributed by atoms with Crippen LogP contribution in [0.4, 0.5) is 11.4 Å². The molecule has 2 aromatic rings. The number of anilines is 2. The van der Waals surface area contributed by atoms with E-state index in [4.69, 9.17) is 9.47 Å². The Kier molecular flexibility index (Phi) is 8.12. The SMILES string of the molecule is CCOc1ccc(NC(=O)[C@@H]2[C@@H]3CCC4(O3)C(C(=O)Nc3cc(C)ccc3C)N([C@@H](CO)[C@@H](C)CC)C(=O)[C@H]24)cc1. The van der Waals surface area contributed by atoms with E-state index in [1.807, 2.05) is 52.8 Å². The van der Waals surface area contributed by atoms with E-state index in [1.54, 1.807) is 24.3 Å². The highest BCUT2D eigenvalue weighted by Crippen LogP contribution is 2.59. The minimum absolute atomic E-state index is 0.0662. The first-order chi connectivity index (χ1) is 19.6. The lowest BCUT2D eigenvalue weighted by molar-refractivity contribution is -0.144. The van der Waals surface area contributed by atoms with Crippen molar-refractivity contribution in [3.63, 3.8) is 0 Å². The first-order valence-electron chi connectivity index (χ1n) is 14.7. The Morgan fingerprint density at radius 1 is 1.12 bits per heavy atom.